The Kier molecular flexibility index (Phi) is 3.93. The number of rotatable bonds is 3. The van der Waals surface area contributed by atoms with E-state index in [1.807, 2.05) is 19.1 Å². The van der Waals surface area contributed by atoms with Gasteiger partial charge in [-0.15, -0.1) is 0 Å². The van der Waals surface area contributed by atoms with Gasteiger partial charge in [0.25, 0.3) is 0 Å². The van der Waals surface area contributed by atoms with Crippen LogP contribution in [0.25, 0.3) is 0 Å². The Morgan fingerprint density at radius 3 is 2.94 bits per heavy atom. The molecule has 1 heterocycles. The highest BCUT2D eigenvalue weighted by atomic mass is 16.5. The number of benzene rings is 1. The molecule has 0 bridgehead atoms. The monoisotopic (exact) mass is 250 g/mol. The fourth-order valence-electron chi connectivity index (χ4n) is 2.71. The molecule has 1 aliphatic heterocycles. The Balaban J connectivity index is 2.19. The van der Waals surface area contributed by atoms with E-state index in [1.54, 1.807) is 7.11 Å². The molecule has 1 aliphatic rings. The van der Waals surface area contributed by atoms with Crippen LogP contribution in [0.1, 0.15) is 30.9 Å². The predicted molar refractivity (Wildman–Crippen MR) is 71.0 cm³/mol. The maximum Gasteiger partial charge on any atom is 0.122 e. The molecular weight excluding hydrogens is 228 g/mol. The van der Waals surface area contributed by atoms with E-state index in [4.69, 9.17) is 9.47 Å². The smallest absolute Gasteiger partial charge is 0.122 e. The lowest BCUT2D eigenvalue weighted by Gasteiger charge is -2.36. The van der Waals surface area contributed by atoms with Crippen molar-refractivity contribution in [2.75, 3.05) is 13.7 Å². The van der Waals surface area contributed by atoms with Gasteiger partial charge in [0.2, 0.25) is 0 Å². The van der Waals surface area contributed by atoms with Gasteiger partial charge in [-0.2, -0.15) is 0 Å². The van der Waals surface area contributed by atoms with Gasteiger partial charge in [-0.05, 0) is 31.9 Å². The minimum Gasteiger partial charge on any atom is -0.496 e. The van der Waals surface area contributed by atoms with Gasteiger partial charge in [0.15, 0.2) is 0 Å². The number of aryl methyl sites for hydroxylation is 1. The Morgan fingerprint density at radius 2 is 2.28 bits per heavy atom. The van der Waals surface area contributed by atoms with E-state index in [0.29, 0.717) is 25.9 Å². The second-order valence-corrected chi connectivity index (χ2v) is 5.35. The van der Waals surface area contributed by atoms with Crippen molar-refractivity contribution in [3.63, 3.8) is 0 Å². The molecule has 0 saturated carbocycles. The predicted octanol–water partition coefficient (Wildman–Crippen LogP) is 2.48. The third-order valence-corrected chi connectivity index (χ3v) is 3.59. The zero-order chi connectivity index (χ0) is 13.2. The highest BCUT2D eigenvalue weighted by Gasteiger charge is 2.34. The molecule has 1 aromatic carbocycles. The summed E-state index contributed by atoms with van der Waals surface area (Å²) in [6.45, 7) is 4.70. The maximum atomic E-state index is 10.7. The van der Waals surface area contributed by atoms with Crippen molar-refractivity contribution in [1.29, 1.82) is 0 Å². The molecule has 0 aliphatic carbocycles. The van der Waals surface area contributed by atoms with Crippen molar-refractivity contribution in [2.24, 2.45) is 0 Å². The summed E-state index contributed by atoms with van der Waals surface area (Å²) in [4.78, 5) is 0. The Morgan fingerprint density at radius 1 is 1.50 bits per heavy atom. The van der Waals surface area contributed by atoms with Crippen LogP contribution in [0.15, 0.2) is 18.2 Å². The molecule has 18 heavy (non-hydrogen) atoms. The molecule has 3 nitrogen and oxygen atoms in total. The van der Waals surface area contributed by atoms with E-state index >= 15 is 0 Å². The summed E-state index contributed by atoms with van der Waals surface area (Å²) >= 11 is 0. The maximum absolute atomic E-state index is 10.7. The third-order valence-electron chi connectivity index (χ3n) is 3.59. The molecule has 0 spiro atoms. The van der Waals surface area contributed by atoms with Crippen LogP contribution in [0.3, 0.4) is 0 Å². The first-order valence-corrected chi connectivity index (χ1v) is 6.50. The first-order chi connectivity index (χ1) is 8.52. The summed E-state index contributed by atoms with van der Waals surface area (Å²) in [7, 11) is 1.67. The van der Waals surface area contributed by atoms with Crippen molar-refractivity contribution in [3.8, 4) is 5.75 Å². The van der Waals surface area contributed by atoms with Gasteiger partial charge in [0.05, 0.1) is 18.8 Å². The van der Waals surface area contributed by atoms with Gasteiger partial charge in [-0.1, -0.05) is 17.7 Å². The molecule has 2 rings (SSSR count). The molecule has 0 aromatic heterocycles. The number of hydrogen-bond donors (Lipinski definition) is 1. The molecule has 2 atom stereocenters. The van der Waals surface area contributed by atoms with Crippen LogP contribution in [0, 0.1) is 6.92 Å². The summed E-state index contributed by atoms with van der Waals surface area (Å²) in [5.41, 5.74) is 1.60. The average Bonchev–Trinajstić information content (AvgIpc) is 2.28. The number of hydrogen-bond acceptors (Lipinski definition) is 3. The first-order valence-electron chi connectivity index (χ1n) is 6.50. The van der Waals surface area contributed by atoms with Crippen LogP contribution in [0.4, 0.5) is 0 Å². The normalized spacial score (nSPS) is 28.1. The van der Waals surface area contributed by atoms with Gasteiger partial charge >= 0.3 is 0 Å². The summed E-state index contributed by atoms with van der Waals surface area (Å²) in [6.07, 6.45) is 2.13. The second-order valence-electron chi connectivity index (χ2n) is 5.35. The molecule has 0 radical (unpaired) electrons. The molecule has 0 amide bonds. The third kappa shape index (κ3) is 3.03. The average molecular weight is 250 g/mol. The number of aliphatic hydroxyl groups is 1. The van der Waals surface area contributed by atoms with E-state index in [9.17, 15) is 5.11 Å². The lowest BCUT2D eigenvalue weighted by Crippen LogP contribution is -2.41. The van der Waals surface area contributed by atoms with Crippen molar-refractivity contribution in [1.82, 2.24) is 0 Å². The minimum absolute atomic E-state index is 0.125. The molecule has 3 heteroatoms. The van der Waals surface area contributed by atoms with E-state index in [-0.39, 0.29) is 6.10 Å². The van der Waals surface area contributed by atoms with Gasteiger partial charge in [0.1, 0.15) is 5.75 Å². The van der Waals surface area contributed by atoms with Crippen molar-refractivity contribution >= 4 is 0 Å². The van der Waals surface area contributed by atoms with Gasteiger partial charge < -0.3 is 14.6 Å². The molecule has 1 N–H and O–H groups in total. The molecular formula is C15H22O3. The SMILES string of the molecule is COc1ccc(C)cc1CC1(O)CCOC(C)C1. The Labute approximate surface area is 109 Å². The van der Waals surface area contributed by atoms with E-state index < -0.39 is 5.60 Å². The Hall–Kier alpha value is -1.06. The molecule has 100 valence electrons. The van der Waals surface area contributed by atoms with Crippen molar-refractivity contribution in [2.45, 2.75) is 44.8 Å². The topological polar surface area (TPSA) is 38.7 Å². The molecule has 2 unspecified atom stereocenters. The molecule has 1 saturated heterocycles. The van der Waals surface area contributed by atoms with Crippen molar-refractivity contribution < 1.29 is 14.6 Å². The quantitative estimate of drug-likeness (QED) is 0.895. The summed E-state index contributed by atoms with van der Waals surface area (Å²) in [6, 6.07) is 6.09. The van der Waals surface area contributed by atoms with Crippen molar-refractivity contribution in [3.05, 3.63) is 29.3 Å². The molecule has 1 aromatic rings. The fourth-order valence-corrected chi connectivity index (χ4v) is 2.71. The summed E-state index contributed by atoms with van der Waals surface area (Å²) in [5.74, 6) is 0.855. The van der Waals surface area contributed by atoms with Crippen LogP contribution in [0.5, 0.6) is 5.75 Å². The number of ether oxygens (including phenoxy) is 2. The largest absolute Gasteiger partial charge is 0.496 e. The summed E-state index contributed by atoms with van der Waals surface area (Å²) in [5, 5.41) is 10.7. The first kappa shape index (κ1) is 13.4. The van der Waals surface area contributed by atoms with E-state index in [1.165, 1.54) is 5.56 Å². The standard InChI is InChI=1S/C15H22O3/c1-11-4-5-14(17-3)13(8-11)10-15(16)6-7-18-12(2)9-15/h4-5,8,12,16H,6-7,9-10H2,1-3H3. The lowest BCUT2D eigenvalue weighted by atomic mass is 9.84. The second kappa shape index (κ2) is 5.29. The number of methoxy groups -OCH3 is 1. The van der Waals surface area contributed by atoms with E-state index in [2.05, 4.69) is 13.0 Å². The zero-order valence-corrected chi connectivity index (χ0v) is 11.4. The minimum atomic E-state index is -0.668. The van der Waals surface area contributed by atoms with Crippen LogP contribution in [-0.2, 0) is 11.2 Å². The molecule has 1 fully saturated rings. The highest BCUT2D eigenvalue weighted by Crippen LogP contribution is 2.32. The van der Waals surface area contributed by atoms with Crippen LogP contribution in [-0.4, -0.2) is 30.5 Å². The fraction of sp³-hybridized carbons (Fsp3) is 0.600. The Bertz CT molecular complexity index is 416. The van der Waals surface area contributed by atoms with E-state index in [0.717, 1.165) is 11.3 Å². The van der Waals surface area contributed by atoms with Crippen LogP contribution >= 0.6 is 0 Å². The van der Waals surface area contributed by atoms with Gasteiger partial charge in [0, 0.05) is 19.4 Å². The van der Waals surface area contributed by atoms with Crippen LogP contribution < -0.4 is 4.74 Å². The van der Waals surface area contributed by atoms with Crippen LogP contribution in [0.2, 0.25) is 0 Å². The van der Waals surface area contributed by atoms with Gasteiger partial charge in [-0.3, -0.25) is 0 Å². The zero-order valence-electron chi connectivity index (χ0n) is 11.4. The summed E-state index contributed by atoms with van der Waals surface area (Å²) < 4.78 is 10.9. The highest BCUT2D eigenvalue weighted by molar-refractivity contribution is 5.38. The van der Waals surface area contributed by atoms with Gasteiger partial charge in [-0.25, -0.2) is 0 Å². The lowest BCUT2D eigenvalue weighted by molar-refractivity contribution is -0.0962.